The summed E-state index contributed by atoms with van der Waals surface area (Å²) in [6.07, 6.45) is 5.78. The molecule has 0 aromatic carbocycles. The number of anilines is 1. The predicted octanol–water partition coefficient (Wildman–Crippen LogP) is 2.09. The largest absolute Gasteiger partial charge is 0.357 e. The normalized spacial score (nSPS) is 18.9. The molecule has 2 N–H and O–H groups in total. The van der Waals surface area contributed by atoms with Gasteiger partial charge in [0.2, 0.25) is 0 Å². The molecule has 0 aliphatic carbocycles. The van der Waals surface area contributed by atoms with E-state index in [0.717, 1.165) is 18.9 Å². The maximum Gasteiger partial charge on any atom is 0.128 e. The summed E-state index contributed by atoms with van der Waals surface area (Å²) < 4.78 is 0. The summed E-state index contributed by atoms with van der Waals surface area (Å²) in [7, 11) is 0. The molecular weight excluding hydrogens is 186 g/mol. The molecule has 0 spiro atoms. The Morgan fingerprint density at radius 1 is 1.33 bits per heavy atom. The molecule has 3 heteroatoms. The summed E-state index contributed by atoms with van der Waals surface area (Å²) in [5.41, 5.74) is 7.04. The third-order valence-electron chi connectivity index (χ3n) is 2.98. The summed E-state index contributed by atoms with van der Waals surface area (Å²) in [5.74, 6) is 1.09. The van der Waals surface area contributed by atoms with Crippen LogP contribution in [0.2, 0.25) is 0 Å². The zero-order valence-electron chi connectivity index (χ0n) is 9.32. The van der Waals surface area contributed by atoms with Gasteiger partial charge in [-0.05, 0) is 43.9 Å². The molecule has 0 amide bonds. The maximum absolute atomic E-state index is 5.87. The van der Waals surface area contributed by atoms with Crippen molar-refractivity contribution in [1.82, 2.24) is 4.98 Å². The van der Waals surface area contributed by atoms with Crippen molar-refractivity contribution in [3.63, 3.8) is 0 Å². The lowest BCUT2D eigenvalue weighted by atomic mass is 10.1. The first-order valence-corrected chi connectivity index (χ1v) is 5.74. The van der Waals surface area contributed by atoms with Gasteiger partial charge in [-0.3, -0.25) is 0 Å². The van der Waals surface area contributed by atoms with Gasteiger partial charge >= 0.3 is 0 Å². The summed E-state index contributed by atoms with van der Waals surface area (Å²) in [6.45, 7) is 4.28. The van der Waals surface area contributed by atoms with Crippen LogP contribution in [0.3, 0.4) is 0 Å². The van der Waals surface area contributed by atoms with Crippen molar-refractivity contribution in [1.29, 1.82) is 0 Å². The maximum atomic E-state index is 5.87. The van der Waals surface area contributed by atoms with E-state index < -0.39 is 0 Å². The Labute approximate surface area is 91.3 Å². The van der Waals surface area contributed by atoms with Crippen LogP contribution in [0.5, 0.6) is 0 Å². The lowest BCUT2D eigenvalue weighted by molar-refractivity contribution is 0.573. The zero-order valence-corrected chi connectivity index (χ0v) is 9.32. The Kier molecular flexibility index (Phi) is 3.21. The van der Waals surface area contributed by atoms with Gasteiger partial charge in [-0.1, -0.05) is 0 Å². The number of pyridine rings is 1. The van der Waals surface area contributed by atoms with Crippen LogP contribution in [0, 0.1) is 0 Å². The third kappa shape index (κ3) is 2.48. The standard InChI is InChI=1S/C12H19N3/c1-10(13)11-5-6-14-12(9-11)15-7-3-2-4-8-15/h5-6,9-10H,2-4,7-8,13H2,1H3/t10-/m1/s1. The Morgan fingerprint density at radius 2 is 2.07 bits per heavy atom. The van der Waals surface area contributed by atoms with Crippen molar-refractivity contribution < 1.29 is 0 Å². The molecule has 15 heavy (non-hydrogen) atoms. The summed E-state index contributed by atoms with van der Waals surface area (Å²) >= 11 is 0. The van der Waals surface area contributed by atoms with Crippen LogP contribution in [0.15, 0.2) is 18.3 Å². The highest BCUT2D eigenvalue weighted by molar-refractivity contribution is 5.42. The van der Waals surface area contributed by atoms with Gasteiger partial charge in [0.05, 0.1) is 0 Å². The van der Waals surface area contributed by atoms with E-state index in [-0.39, 0.29) is 6.04 Å². The fourth-order valence-corrected chi connectivity index (χ4v) is 2.01. The third-order valence-corrected chi connectivity index (χ3v) is 2.98. The molecule has 1 aromatic rings. The van der Waals surface area contributed by atoms with Crippen LogP contribution in [0.1, 0.15) is 37.8 Å². The van der Waals surface area contributed by atoms with Gasteiger partial charge in [0.25, 0.3) is 0 Å². The van der Waals surface area contributed by atoms with E-state index in [2.05, 4.69) is 16.0 Å². The summed E-state index contributed by atoms with van der Waals surface area (Å²) in [4.78, 5) is 6.77. The molecule has 0 radical (unpaired) electrons. The lowest BCUT2D eigenvalue weighted by Gasteiger charge is -2.28. The molecule has 2 rings (SSSR count). The Bertz CT molecular complexity index is 316. The van der Waals surface area contributed by atoms with E-state index in [4.69, 9.17) is 5.73 Å². The van der Waals surface area contributed by atoms with Gasteiger partial charge in [0.1, 0.15) is 5.82 Å². The SMILES string of the molecule is C[C@@H](N)c1ccnc(N2CCCCC2)c1. The second-order valence-electron chi connectivity index (χ2n) is 4.28. The van der Waals surface area contributed by atoms with Gasteiger partial charge in [0, 0.05) is 25.3 Å². The van der Waals surface area contributed by atoms with Gasteiger partial charge in [-0.15, -0.1) is 0 Å². The quantitative estimate of drug-likeness (QED) is 0.804. The Morgan fingerprint density at radius 3 is 2.73 bits per heavy atom. The molecule has 1 aliphatic rings. The van der Waals surface area contributed by atoms with Gasteiger partial charge in [0.15, 0.2) is 0 Å². The highest BCUT2D eigenvalue weighted by atomic mass is 15.2. The monoisotopic (exact) mass is 205 g/mol. The molecule has 1 aliphatic heterocycles. The average molecular weight is 205 g/mol. The number of aromatic nitrogens is 1. The smallest absolute Gasteiger partial charge is 0.128 e. The first kappa shape index (κ1) is 10.4. The van der Waals surface area contributed by atoms with Gasteiger partial charge in [-0.2, -0.15) is 0 Å². The van der Waals surface area contributed by atoms with E-state index in [1.165, 1.54) is 24.8 Å². The van der Waals surface area contributed by atoms with E-state index in [0.29, 0.717) is 0 Å². The van der Waals surface area contributed by atoms with Crippen molar-refractivity contribution in [2.45, 2.75) is 32.2 Å². The fraction of sp³-hybridized carbons (Fsp3) is 0.583. The molecular formula is C12H19N3. The molecule has 2 heterocycles. The van der Waals surface area contributed by atoms with Crippen LogP contribution >= 0.6 is 0 Å². The molecule has 0 bridgehead atoms. The van der Waals surface area contributed by atoms with Crippen LogP contribution < -0.4 is 10.6 Å². The molecule has 1 saturated heterocycles. The number of piperidine rings is 1. The first-order chi connectivity index (χ1) is 7.27. The topological polar surface area (TPSA) is 42.1 Å². The van der Waals surface area contributed by atoms with Gasteiger partial charge in [-0.25, -0.2) is 4.98 Å². The van der Waals surface area contributed by atoms with Crippen molar-refractivity contribution in [3.05, 3.63) is 23.9 Å². The minimum absolute atomic E-state index is 0.0940. The Hall–Kier alpha value is -1.09. The summed E-state index contributed by atoms with van der Waals surface area (Å²) in [5, 5.41) is 0. The van der Waals surface area contributed by atoms with Crippen LogP contribution in [0.25, 0.3) is 0 Å². The fourth-order valence-electron chi connectivity index (χ4n) is 2.01. The minimum Gasteiger partial charge on any atom is -0.357 e. The second-order valence-corrected chi connectivity index (χ2v) is 4.28. The number of hydrogen-bond acceptors (Lipinski definition) is 3. The molecule has 1 aromatic heterocycles. The van der Waals surface area contributed by atoms with Crippen LogP contribution in [0.4, 0.5) is 5.82 Å². The van der Waals surface area contributed by atoms with Crippen molar-refractivity contribution in [2.24, 2.45) is 5.73 Å². The van der Waals surface area contributed by atoms with Crippen molar-refractivity contribution in [2.75, 3.05) is 18.0 Å². The molecule has 3 nitrogen and oxygen atoms in total. The zero-order chi connectivity index (χ0) is 10.7. The molecule has 82 valence electrons. The predicted molar refractivity (Wildman–Crippen MR) is 62.9 cm³/mol. The first-order valence-electron chi connectivity index (χ1n) is 5.74. The van der Waals surface area contributed by atoms with E-state index in [1.54, 1.807) is 0 Å². The molecule has 1 atom stereocenters. The second kappa shape index (κ2) is 4.62. The van der Waals surface area contributed by atoms with Crippen LogP contribution in [-0.4, -0.2) is 18.1 Å². The van der Waals surface area contributed by atoms with Gasteiger partial charge < -0.3 is 10.6 Å². The number of nitrogens with zero attached hydrogens (tertiary/aromatic N) is 2. The molecule has 1 fully saturated rings. The highest BCUT2D eigenvalue weighted by Crippen LogP contribution is 2.20. The van der Waals surface area contributed by atoms with E-state index >= 15 is 0 Å². The summed E-state index contributed by atoms with van der Waals surface area (Å²) in [6, 6.07) is 4.21. The highest BCUT2D eigenvalue weighted by Gasteiger charge is 2.12. The number of nitrogens with two attached hydrogens (primary N) is 1. The average Bonchev–Trinajstić information content (AvgIpc) is 2.30. The van der Waals surface area contributed by atoms with Crippen molar-refractivity contribution >= 4 is 5.82 Å². The number of hydrogen-bond donors (Lipinski definition) is 1. The Balaban J connectivity index is 2.16. The number of rotatable bonds is 2. The lowest BCUT2D eigenvalue weighted by Crippen LogP contribution is -2.30. The molecule has 0 unspecified atom stereocenters. The van der Waals surface area contributed by atoms with Crippen LogP contribution in [-0.2, 0) is 0 Å². The molecule has 0 saturated carbocycles. The van der Waals surface area contributed by atoms with E-state index in [1.807, 2.05) is 19.2 Å². The van der Waals surface area contributed by atoms with Crippen molar-refractivity contribution in [3.8, 4) is 0 Å². The minimum atomic E-state index is 0.0940. The van der Waals surface area contributed by atoms with E-state index in [9.17, 15) is 0 Å².